The highest BCUT2D eigenvalue weighted by Gasteiger charge is 2.48. The number of rotatable bonds is 4. The lowest BCUT2D eigenvalue weighted by molar-refractivity contribution is -0.0500. The van der Waals surface area contributed by atoms with Gasteiger partial charge in [-0.05, 0) is 60.9 Å². The Bertz CT molecular complexity index is 1140. The summed E-state index contributed by atoms with van der Waals surface area (Å²) < 4.78 is 67.2. The van der Waals surface area contributed by atoms with Crippen LogP contribution in [-0.2, 0) is 10.1 Å². The lowest BCUT2D eigenvalue weighted by atomic mass is 9.72. The Balaban J connectivity index is 2.27. The van der Waals surface area contributed by atoms with Gasteiger partial charge in [0.1, 0.15) is 0 Å². The molecular weight excluding hydrogens is 425 g/mol. The lowest BCUT2D eigenvalue weighted by Crippen LogP contribution is -2.28. The fraction of sp³-hybridized carbons (Fsp3) is 0.333. The molecule has 2 aromatic rings. The molecule has 0 aliphatic heterocycles. The third-order valence-corrected chi connectivity index (χ3v) is 6.54. The van der Waals surface area contributed by atoms with Crippen LogP contribution in [0.2, 0.25) is 0 Å². The molecule has 0 atom stereocenters. The van der Waals surface area contributed by atoms with Gasteiger partial charge in [0.15, 0.2) is 5.75 Å². The average Bonchev–Trinajstić information content (AvgIpc) is 2.65. The Morgan fingerprint density at radius 3 is 2.26 bits per heavy atom. The number of benzene rings is 2. The molecule has 0 bridgehead atoms. The average molecular weight is 451 g/mol. The zero-order valence-electron chi connectivity index (χ0n) is 17.9. The molecule has 0 heterocycles. The molecule has 0 saturated heterocycles. The van der Waals surface area contributed by atoms with Crippen LogP contribution in [0.4, 0.5) is 13.2 Å². The number of halogens is 3. The van der Waals surface area contributed by atoms with Gasteiger partial charge in [-0.3, -0.25) is 0 Å². The zero-order valence-corrected chi connectivity index (χ0v) is 18.7. The molecule has 1 aliphatic rings. The van der Waals surface area contributed by atoms with E-state index in [1.54, 1.807) is 12.1 Å². The Labute approximate surface area is 181 Å². The van der Waals surface area contributed by atoms with Crippen LogP contribution in [0.15, 0.2) is 59.7 Å². The quantitative estimate of drug-likeness (QED) is 0.371. The summed E-state index contributed by atoms with van der Waals surface area (Å²) in [6.07, 6.45) is 5.63. The summed E-state index contributed by atoms with van der Waals surface area (Å²) in [5.74, 6) is -0.350. The minimum Gasteiger partial charge on any atom is -0.375 e. The highest BCUT2D eigenvalue weighted by molar-refractivity contribution is 7.88. The van der Waals surface area contributed by atoms with Gasteiger partial charge in [-0.25, -0.2) is 0 Å². The standard InChI is InChI=1S/C24H25F3O3S/c1-16-10-12-18(13-11-16)19-8-5-9-22(30-31(28,29)24(25,26)27)20(19)15-21-17(2)7-6-14-23(21,3)4/h5,7-13,15H,6,14H2,1-4H3/b21-15+. The maximum Gasteiger partial charge on any atom is 0.534 e. The zero-order chi connectivity index (χ0) is 23.0. The van der Waals surface area contributed by atoms with Gasteiger partial charge in [0.05, 0.1) is 0 Å². The van der Waals surface area contributed by atoms with Crippen LogP contribution in [0, 0.1) is 12.3 Å². The number of allylic oxidation sites excluding steroid dienone is 3. The van der Waals surface area contributed by atoms with Crippen LogP contribution >= 0.6 is 0 Å². The summed E-state index contributed by atoms with van der Waals surface area (Å²) in [4.78, 5) is 0. The highest BCUT2D eigenvalue weighted by atomic mass is 32.2. The SMILES string of the molecule is CC1=CCCC(C)(C)/C1=C/c1c(OS(=O)(=O)C(F)(F)F)cccc1-c1ccc(C)cc1. The van der Waals surface area contributed by atoms with Gasteiger partial charge in [-0.1, -0.05) is 67.5 Å². The van der Waals surface area contributed by atoms with Gasteiger partial charge in [0.2, 0.25) is 0 Å². The summed E-state index contributed by atoms with van der Waals surface area (Å²) in [6.45, 7) is 8.02. The number of hydrogen-bond donors (Lipinski definition) is 0. The van der Waals surface area contributed by atoms with Gasteiger partial charge in [-0.2, -0.15) is 21.6 Å². The van der Waals surface area contributed by atoms with E-state index in [9.17, 15) is 21.6 Å². The molecule has 0 radical (unpaired) electrons. The molecular formula is C24H25F3O3S. The van der Waals surface area contributed by atoms with Crippen molar-refractivity contribution < 1.29 is 25.8 Å². The fourth-order valence-electron chi connectivity index (χ4n) is 3.80. The molecule has 0 fully saturated rings. The first-order chi connectivity index (χ1) is 14.3. The van der Waals surface area contributed by atoms with E-state index < -0.39 is 15.6 Å². The molecule has 166 valence electrons. The Morgan fingerprint density at radius 1 is 1.03 bits per heavy atom. The van der Waals surface area contributed by atoms with E-state index in [0.717, 1.165) is 35.1 Å². The molecule has 0 saturated carbocycles. The third kappa shape index (κ3) is 4.87. The summed E-state index contributed by atoms with van der Waals surface area (Å²) in [5.41, 5.74) is -1.11. The number of alkyl halides is 3. The van der Waals surface area contributed by atoms with Crippen LogP contribution in [0.1, 0.15) is 44.7 Å². The topological polar surface area (TPSA) is 43.4 Å². The first kappa shape index (κ1) is 23.1. The van der Waals surface area contributed by atoms with Crippen molar-refractivity contribution >= 4 is 16.2 Å². The van der Waals surface area contributed by atoms with Crippen LogP contribution in [0.5, 0.6) is 5.75 Å². The van der Waals surface area contributed by atoms with Crippen molar-refractivity contribution in [2.45, 2.75) is 46.0 Å². The summed E-state index contributed by atoms with van der Waals surface area (Å²) in [6, 6.07) is 12.0. The van der Waals surface area contributed by atoms with Gasteiger partial charge in [0, 0.05) is 5.56 Å². The molecule has 0 N–H and O–H groups in total. The number of aryl methyl sites for hydroxylation is 1. The molecule has 0 aromatic heterocycles. The number of hydrogen-bond acceptors (Lipinski definition) is 3. The second kappa shape index (κ2) is 8.19. The van der Waals surface area contributed by atoms with E-state index in [1.807, 2.05) is 38.1 Å². The Kier molecular flexibility index (Phi) is 6.11. The third-order valence-electron chi connectivity index (χ3n) is 5.57. The monoisotopic (exact) mass is 450 g/mol. The molecule has 0 unspecified atom stereocenters. The Morgan fingerprint density at radius 2 is 1.68 bits per heavy atom. The molecule has 31 heavy (non-hydrogen) atoms. The smallest absolute Gasteiger partial charge is 0.375 e. The second-order valence-corrected chi connectivity index (χ2v) is 9.97. The van der Waals surface area contributed by atoms with E-state index in [2.05, 4.69) is 24.1 Å². The van der Waals surface area contributed by atoms with Crippen molar-refractivity contribution in [3.63, 3.8) is 0 Å². The van der Waals surface area contributed by atoms with E-state index in [1.165, 1.54) is 12.1 Å². The molecule has 1 aliphatic carbocycles. The Hall–Kier alpha value is -2.54. The summed E-state index contributed by atoms with van der Waals surface area (Å²) in [5, 5.41) is 0. The molecule has 3 rings (SSSR count). The van der Waals surface area contributed by atoms with Gasteiger partial charge < -0.3 is 4.18 Å². The predicted octanol–water partition coefficient (Wildman–Crippen LogP) is 7.04. The summed E-state index contributed by atoms with van der Waals surface area (Å²) in [7, 11) is -5.81. The van der Waals surface area contributed by atoms with Crippen LogP contribution in [0.25, 0.3) is 17.2 Å². The molecule has 0 amide bonds. The van der Waals surface area contributed by atoms with Crippen LogP contribution in [0.3, 0.4) is 0 Å². The fourth-order valence-corrected chi connectivity index (χ4v) is 4.27. The van der Waals surface area contributed by atoms with Crippen molar-refractivity contribution in [3.05, 3.63) is 70.8 Å². The van der Waals surface area contributed by atoms with Crippen molar-refractivity contribution in [1.29, 1.82) is 0 Å². The van der Waals surface area contributed by atoms with E-state index in [4.69, 9.17) is 0 Å². The summed E-state index contributed by atoms with van der Waals surface area (Å²) >= 11 is 0. The van der Waals surface area contributed by atoms with Crippen molar-refractivity contribution in [1.82, 2.24) is 0 Å². The lowest BCUT2D eigenvalue weighted by Gasteiger charge is -2.33. The van der Waals surface area contributed by atoms with E-state index >= 15 is 0 Å². The minimum atomic E-state index is -5.81. The normalized spacial score (nSPS) is 18.0. The van der Waals surface area contributed by atoms with Crippen molar-refractivity contribution in [3.8, 4) is 16.9 Å². The second-order valence-electron chi connectivity index (χ2n) is 8.43. The predicted molar refractivity (Wildman–Crippen MR) is 117 cm³/mol. The van der Waals surface area contributed by atoms with E-state index in [-0.39, 0.29) is 11.2 Å². The minimum absolute atomic E-state index is 0.223. The van der Waals surface area contributed by atoms with Crippen molar-refractivity contribution in [2.24, 2.45) is 5.41 Å². The van der Waals surface area contributed by atoms with Crippen LogP contribution in [-0.4, -0.2) is 13.9 Å². The van der Waals surface area contributed by atoms with Crippen LogP contribution < -0.4 is 4.18 Å². The molecule has 7 heteroatoms. The largest absolute Gasteiger partial charge is 0.534 e. The first-order valence-corrected chi connectivity index (χ1v) is 11.3. The molecule has 2 aromatic carbocycles. The molecule has 0 spiro atoms. The maximum absolute atomic E-state index is 13.0. The molecule has 3 nitrogen and oxygen atoms in total. The maximum atomic E-state index is 13.0. The first-order valence-electron chi connectivity index (χ1n) is 9.92. The van der Waals surface area contributed by atoms with E-state index in [0.29, 0.717) is 11.1 Å². The van der Waals surface area contributed by atoms with Gasteiger partial charge >= 0.3 is 15.6 Å². The highest BCUT2D eigenvalue weighted by Crippen LogP contribution is 2.44. The van der Waals surface area contributed by atoms with Crippen molar-refractivity contribution in [2.75, 3.05) is 0 Å². The van der Waals surface area contributed by atoms with Gasteiger partial charge in [0.25, 0.3) is 0 Å². The van der Waals surface area contributed by atoms with Gasteiger partial charge in [-0.15, -0.1) is 0 Å².